The van der Waals surface area contributed by atoms with Gasteiger partial charge in [0.2, 0.25) is 0 Å². The third-order valence-corrected chi connectivity index (χ3v) is 6.70. The maximum Gasteiger partial charge on any atom is 0.253 e. The van der Waals surface area contributed by atoms with Gasteiger partial charge in [-0.25, -0.2) is 4.98 Å². The SMILES string of the molecule is COCCN(C)c1ccc(C(c2ccc(C#N)cc2)N2CC[C@@H](NC(=O)c3ccc(C#N)nc3)C2)cc1. The lowest BCUT2D eigenvalue weighted by Crippen LogP contribution is -2.38. The Morgan fingerprint density at radius 3 is 2.41 bits per heavy atom. The van der Waals surface area contributed by atoms with Crippen LogP contribution in [0, 0.1) is 22.7 Å². The van der Waals surface area contributed by atoms with E-state index in [2.05, 4.69) is 50.4 Å². The van der Waals surface area contributed by atoms with Crippen LogP contribution in [0.1, 0.15) is 45.2 Å². The van der Waals surface area contributed by atoms with Crippen molar-refractivity contribution in [2.24, 2.45) is 0 Å². The fourth-order valence-corrected chi connectivity index (χ4v) is 4.63. The molecule has 1 amide bonds. The third kappa shape index (κ3) is 6.31. The van der Waals surface area contributed by atoms with Crippen LogP contribution in [0.25, 0.3) is 0 Å². The van der Waals surface area contributed by atoms with Gasteiger partial charge in [0.1, 0.15) is 11.8 Å². The first-order valence-corrected chi connectivity index (χ1v) is 12.2. The van der Waals surface area contributed by atoms with Crippen molar-refractivity contribution in [1.29, 1.82) is 10.5 Å². The van der Waals surface area contributed by atoms with Crippen LogP contribution in [0.3, 0.4) is 0 Å². The van der Waals surface area contributed by atoms with E-state index in [-0.39, 0.29) is 23.7 Å². The number of aromatic nitrogens is 1. The fraction of sp³-hybridized carbons (Fsp3) is 0.310. The Labute approximate surface area is 217 Å². The van der Waals surface area contributed by atoms with Gasteiger partial charge in [-0.15, -0.1) is 0 Å². The number of hydrogen-bond acceptors (Lipinski definition) is 7. The first-order valence-electron chi connectivity index (χ1n) is 12.2. The Morgan fingerprint density at radius 1 is 1.11 bits per heavy atom. The summed E-state index contributed by atoms with van der Waals surface area (Å²) in [6.07, 6.45) is 2.26. The van der Waals surface area contributed by atoms with Gasteiger partial charge in [0.05, 0.1) is 29.8 Å². The summed E-state index contributed by atoms with van der Waals surface area (Å²) >= 11 is 0. The number of amides is 1. The first kappa shape index (κ1) is 25.8. The zero-order valence-electron chi connectivity index (χ0n) is 21.1. The van der Waals surface area contributed by atoms with Crippen molar-refractivity contribution in [1.82, 2.24) is 15.2 Å². The van der Waals surface area contributed by atoms with Gasteiger partial charge in [0.25, 0.3) is 5.91 Å². The van der Waals surface area contributed by atoms with Crippen molar-refractivity contribution in [3.8, 4) is 12.1 Å². The smallest absolute Gasteiger partial charge is 0.253 e. The molecule has 8 heteroatoms. The van der Waals surface area contributed by atoms with Gasteiger partial charge >= 0.3 is 0 Å². The van der Waals surface area contributed by atoms with Gasteiger partial charge < -0.3 is 15.0 Å². The van der Waals surface area contributed by atoms with Crippen LogP contribution >= 0.6 is 0 Å². The van der Waals surface area contributed by atoms with E-state index >= 15 is 0 Å². The minimum absolute atomic E-state index is 0.00967. The van der Waals surface area contributed by atoms with Gasteiger partial charge in [0.15, 0.2) is 0 Å². The largest absolute Gasteiger partial charge is 0.383 e. The lowest BCUT2D eigenvalue weighted by atomic mass is 9.96. The summed E-state index contributed by atoms with van der Waals surface area (Å²) in [7, 11) is 3.75. The standard InChI is InChI=1S/C29H30N6O2/c1-34(15-16-37-2)27-11-8-23(9-12-27)28(22-5-3-21(17-30)4-6-22)35-14-13-26(20-35)33-29(36)24-7-10-25(18-31)32-19-24/h3-12,19,26,28H,13-16,20H2,1-2H3,(H,33,36)/t26-,28?/m1/s1. The summed E-state index contributed by atoms with van der Waals surface area (Å²) in [5.41, 5.74) is 4.71. The molecule has 1 aliphatic heterocycles. The summed E-state index contributed by atoms with van der Waals surface area (Å²) in [6.45, 7) is 2.97. The van der Waals surface area contributed by atoms with E-state index in [1.807, 2.05) is 37.4 Å². The van der Waals surface area contributed by atoms with Crippen molar-refractivity contribution in [3.63, 3.8) is 0 Å². The number of ether oxygens (including phenoxy) is 1. The summed E-state index contributed by atoms with van der Waals surface area (Å²) in [5, 5.41) is 21.3. The predicted octanol–water partition coefficient (Wildman–Crippen LogP) is 3.50. The molecule has 0 saturated carbocycles. The maximum atomic E-state index is 12.8. The summed E-state index contributed by atoms with van der Waals surface area (Å²) in [5.74, 6) is -0.192. The second-order valence-corrected chi connectivity index (χ2v) is 9.14. The molecule has 3 aromatic rings. The molecular weight excluding hydrogens is 464 g/mol. The molecule has 1 aromatic heterocycles. The summed E-state index contributed by atoms with van der Waals surface area (Å²) in [6, 6.07) is 23.6. The molecule has 2 heterocycles. The molecule has 1 unspecified atom stereocenters. The van der Waals surface area contributed by atoms with E-state index < -0.39 is 0 Å². The number of methoxy groups -OCH3 is 1. The molecule has 1 aliphatic rings. The number of hydrogen-bond donors (Lipinski definition) is 1. The highest BCUT2D eigenvalue weighted by Crippen LogP contribution is 2.33. The van der Waals surface area contributed by atoms with Gasteiger partial charge in [-0.3, -0.25) is 9.69 Å². The second-order valence-electron chi connectivity index (χ2n) is 9.14. The lowest BCUT2D eigenvalue weighted by Gasteiger charge is -2.29. The average molecular weight is 495 g/mol. The molecular formula is C29H30N6O2. The molecule has 2 aromatic carbocycles. The highest BCUT2D eigenvalue weighted by Gasteiger charge is 2.31. The van der Waals surface area contributed by atoms with Gasteiger partial charge in [0, 0.05) is 51.7 Å². The predicted molar refractivity (Wildman–Crippen MR) is 141 cm³/mol. The maximum absolute atomic E-state index is 12.8. The fourth-order valence-electron chi connectivity index (χ4n) is 4.63. The molecule has 4 rings (SSSR count). The highest BCUT2D eigenvalue weighted by molar-refractivity contribution is 5.94. The number of carbonyl (C=O) groups excluding carboxylic acids is 1. The summed E-state index contributed by atoms with van der Waals surface area (Å²) in [4.78, 5) is 21.3. The molecule has 37 heavy (non-hydrogen) atoms. The molecule has 1 saturated heterocycles. The molecule has 0 spiro atoms. The number of benzene rings is 2. The number of nitrogens with zero attached hydrogens (tertiary/aromatic N) is 5. The number of likely N-dealkylation sites (N-methyl/N-ethyl adjacent to an activating group) is 1. The number of pyridine rings is 1. The Balaban J connectivity index is 1.52. The minimum atomic E-state index is -0.192. The van der Waals surface area contributed by atoms with Crippen LogP contribution in [0.2, 0.25) is 0 Å². The normalized spacial score (nSPS) is 15.9. The number of anilines is 1. The van der Waals surface area contributed by atoms with Crippen molar-refractivity contribution in [2.45, 2.75) is 18.5 Å². The average Bonchev–Trinajstić information content (AvgIpc) is 3.40. The number of rotatable bonds is 9. The number of likely N-dealkylation sites (tertiary alicyclic amines) is 1. The number of nitrogens with one attached hydrogen (secondary N) is 1. The number of carbonyl (C=O) groups is 1. The lowest BCUT2D eigenvalue weighted by molar-refractivity contribution is 0.0936. The third-order valence-electron chi connectivity index (χ3n) is 6.70. The van der Waals surface area contributed by atoms with Gasteiger partial charge in [-0.1, -0.05) is 24.3 Å². The highest BCUT2D eigenvalue weighted by atomic mass is 16.5. The van der Waals surface area contributed by atoms with Crippen molar-refractivity contribution < 1.29 is 9.53 Å². The Kier molecular flexibility index (Phi) is 8.48. The van der Waals surface area contributed by atoms with E-state index in [1.165, 1.54) is 6.20 Å². The van der Waals surface area contributed by atoms with Crippen molar-refractivity contribution >= 4 is 11.6 Å². The zero-order valence-corrected chi connectivity index (χ0v) is 21.1. The van der Waals surface area contributed by atoms with Crippen LogP contribution < -0.4 is 10.2 Å². The first-order chi connectivity index (χ1) is 18.0. The quantitative estimate of drug-likeness (QED) is 0.485. The minimum Gasteiger partial charge on any atom is -0.383 e. The number of nitriles is 2. The Morgan fingerprint density at radius 2 is 1.81 bits per heavy atom. The van der Waals surface area contributed by atoms with Crippen LogP contribution in [-0.2, 0) is 4.74 Å². The van der Waals surface area contributed by atoms with E-state index in [4.69, 9.17) is 10.00 Å². The van der Waals surface area contributed by atoms with Gasteiger partial charge in [-0.05, 0) is 53.9 Å². The van der Waals surface area contributed by atoms with E-state index in [0.717, 1.165) is 36.3 Å². The Hall–Kier alpha value is -4.24. The monoisotopic (exact) mass is 494 g/mol. The molecule has 188 valence electrons. The Bertz CT molecular complexity index is 1280. The molecule has 2 atom stereocenters. The second kappa shape index (κ2) is 12.1. The van der Waals surface area contributed by atoms with Crippen LogP contribution in [0.15, 0.2) is 66.9 Å². The molecule has 0 aliphatic carbocycles. The van der Waals surface area contributed by atoms with Crippen molar-refractivity contribution in [3.05, 3.63) is 94.8 Å². The molecule has 1 N–H and O–H groups in total. The molecule has 0 bridgehead atoms. The van der Waals surface area contributed by atoms with Crippen molar-refractivity contribution in [2.75, 3.05) is 45.3 Å². The topological polar surface area (TPSA) is 105 Å². The van der Waals surface area contributed by atoms with E-state index in [1.54, 1.807) is 19.2 Å². The zero-order chi connectivity index (χ0) is 26.2. The van der Waals surface area contributed by atoms with E-state index in [0.29, 0.717) is 24.3 Å². The van der Waals surface area contributed by atoms with E-state index in [9.17, 15) is 10.1 Å². The van der Waals surface area contributed by atoms with Crippen LogP contribution in [0.5, 0.6) is 0 Å². The summed E-state index contributed by atoms with van der Waals surface area (Å²) < 4.78 is 5.20. The van der Waals surface area contributed by atoms with Crippen LogP contribution in [-0.4, -0.2) is 62.2 Å². The molecule has 0 radical (unpaired) electrons. The van der Waals surface area contributed by atoms with Crippen LogP contribution in [0.4, 0.5) is 5.69 Å². The van der Waals surface area contributed by atoms with Gasteiger partial charge in [-0.2, -0.15) is 10.5 Å². The molecule has 1 fully saturated rings. The molecule has 8 nitrogen and oxygen atoms in total.